The molecule has 0 aromatic carbocycles. The number of carbonyl (C=O) groups is 1. The Morgan fingerprint density at radius 2 is 2.13 bits per heavy atom. The molecule has 0 amide bonds. The van der Waals surface area contributed by atoms with E-state index in [1.165, 1.54) is 0 Å². The van der Waals surface area contributed by atoms with Gasteiger partial charge in [0.05, 0.1) is 12.5 Å². The number of halogens is 3. The Kier molecular flexibility index (Phi) is 3.96. The fourth-order valence-corrected chi connectivity index (χ4v) is 1.60. The van der Waals surface area contributed by atoms with Gasteiger partial charge in [-0.1, -0.05) is 0 Å². The normalized spacial score (nSPS) is 27.5. The predicted octanol–water partition coefficient (Wildman–Crippen LogP) is 1.48. The summed E-state index contributed by atoms with van der Waals surface area (Å²) in [5.41, 5.74) is 0. The van der Waals surface area contributed by atoms with Gasteiger partial charge in [0.2, 0.25) is 0 Å². The first-order chi connectivity index (χ1) is 6.95. The minimum Gasteiger partial charge on any atom is -0.466 e. The lowest BCUT2D eigenvalue weighted by atomic mass is 9.94. The highest BCUT2D eigenvalue weighted by Gasteiger charge is 2.42. The van der Waals surface area contributed by atoms with Crippen molar-refractivity contribution in [3.05, 3.63) is 0 Å². The SMILES string of the molecule is CCOC(=O)C1CCC(C(F)(F)F)NC1. The highest BCUT2D eigenvalue weighted by Crippen LogP contribution is 2.28. The van der Waals surface area contributed by atoms with Crippen LogP contribution in [0.3, 0.4) is 0 Å². The molecule has 6 heteroatoms. The van der Waals surface area contributed by atoms with Crippen LogP contribution in [0, 0.1) is 5.92 Å². The Bertz CT molecular complexity index is 222. The monoisotopic (exact) mass is 225 g/mol. The Hall–Kier alpha value is -0.780. The second kappa shape index (κ2) is 4.83. The molecular weight excluding hydrogens is 211 g/mol. The number of rotatable bonds is 2. The minimum atomic E-state index is -4.22. The van der Waals surface area contributed by atoms with E-state index >= 15 is 0 Å². The molecule has 0 aromatic heterocycles. The standard InChI is InChI=1S/C9H14F3NO2/c1-2-15-8(14)6-3-4-7(13-5-6)9(10,11)12/h6-7,13H,2-5H2,1H3. The number of alkyl halides is 3. The van der Waals surface area contributed by atoms with Crippen LogP contribution < -0.4 is 5.32 Å². The third kappa shape index (κ3) is 3.37. The van der Waals surface area contributed by atoms with Crippen LogP contribution in [0.25, 0.3) is 0 Å². The summed E-state index contributed by atoms with van der Waals surface area (Å²) in [4.78, 5) is 11.2. The maximum Gasteiger partial charge on any atom is 0.403 e. The van der Waals surface area contributed by atoms with E-state index in [0.29, 0.717) is 0 Å². The largest absolute Gasteiger partial charge is 0.466 e. The second-order valence-electron chi connectivity index (χ2n) is 3.53. The van der Waals surface area contributed by atoms with Crippen LogP contribution in [0.2, 0.25) is 0 Å². The van der Waals surface area contributed by atoms with Gasteiger partial charge in [0.1, 0.15) is 6.04 Å². The third-order valence-corrected chi connectivity index (χ3v) is 2.43. The molecule has 0 bridgehead atoms. The van der Waals surface area contributed by atoms with Crippen molar-refractivity contribution in [2.75, 3.05) is 13.2 Å². The first-order valence-corrected chi connectivity index (χ1v) is 4.92. The van der Waals surface area contributed by atoms with Gasteiger partial charge in [-0.3, -0.25) is 4.79 Å². The summed E-state index contributed by atoms with van der Waals surface area (Å²) < 4.78 is 41.5. The topological polar surface area (TPSA) is 38.3 Å². The molecule has 0 spiro atoms. The Labute approximate surface area is 86.0 Å². The van der Waals surface area contributed by atoms with Crippen molar-refractivity contribution in [2.45, 2.75) is 32.0 Å². The molecule has 0 aromatic rings. The smallest absolute Gasteiger partial charge is 0.403 e. The highest BCUT2D eigenvalue weighted by atomic mass is 19.4. The molecule has 1 N–H and O–H groups in total. The lowest BCUT2D eigenvalue weighted by molar-refractivity contribution is -0.167. The van der Waals surface area contributed by atoms with E-state index in [1.54, 1.807) is 6.92 Å². The summed E-state index contributed by atoms with van der Waals surface area (Å²) in [5, 5.41) is 2.32. The molecule has 0 aliphatic carbocycles. The summed E-state index contributed by atoms with van der Waals surface area (Å²) in [5.74, 6) is -0.853. The molecule has 0 saturated carbocycles. The molecule has 1 saturated heterocycles. The van der Waals surface area contributed by atoms with Gasteiger partial charge in [0.25, 0.3) is 0 Å². The maximum atomic E-state index is 12.2. The number of carbonyl (C=O) groups excluding carboxylic acids is 1. The molecule has 1 aliphatic heterocycles. The van der Waals surface area contributed by atoms with Gasteiger partial charge in [0, 0.05) is 6.54 Å². The maximum absolute atomic E-state index is 12.2. The number of hydrogen-bond donors (Lipinski definition) is 1. The van der Waals surface area contributed by atoms with Crippen molar-refractivity contribution >= 4 is 5.97 Å². The van der Waals surface area contributed by atoms with E-state index in [1.807, 2.05) is 0 Å². The molecule has 1 rings (SSSR count). The number of piperidine rings is 1. The first-order valence-electron chi connectivity index (χ1n) is 4.92. The van der Waals surface area contributed by atoms with Gasteiger partial charge < -0.3 is 10.1 Å². The van der Waals surface area contributed by atoms with Crippen LogP contribution in [0.15, 0.2) is 0 Å². The van der Waals surface area contributed by atoms with Crippen molar-refractivity contribution < 1.29 is 22.7 Å². The van der Waals surface area contributed by atoms with Crippen LogP contribution in [-0.4, -0.2) is 31.3 Å². The molecule has 88 valence electrons. The Balaban J connectivity index is 2.39. The Morgan fingerprint density at radius 3 is 2.53 bits per heavy atom. The fraction of sp³-hybridized carbons (Fsp3) is 0.889. The third-order valence-electron chi connectivity index (χ3n) is 2.43. The molecule has 2 unspecified atom stereocenters. The molecule has 2 atom stereocenters. The van der Waals surface area contributed by atoms with Crippen LogP contribution in [0.5, 0.6) is 0 Å². The summed E-state index contributed by atoms with van der Waals surface area (Å²) >= 11 is 0. The van der Waals surface area contributed by atoms with E-state index in [9.17, 15) is 18.0 Å². The Morgan fingerprint density at radius 1 is 1.47 bits per heavy atom. The summed E-state index contributed by atoms with van der Waals surface area (Å²) in [6.07, 6.45) is -4.05. The van der Waals surface area contributed by atoms with E-state index in [0.717, 1.165) is 0 Å². The summed E-state index contributed by atoms with van der Waals surface area (Å²) in [7, 11) is 0. The van der Waals surface area contributed by atoms with Gasteiger partial charge in [0.15, 0.2) is 0 Å². The molecule has 1 aliphatic rings. The molecule has 3 nitrogen and oxygen atoms in total. The lowest BCUT2D eigenvalue weighted by Crippen LogP contribution is -2.49. The average Bonchev–Trinajstić information content (AvgIpc) is 2.17. The lowest BCUT2D eigenvalue weighted by Gasteiger charge is -2.29. The molecular formula is C9H14F3NO2. The molecule has 1 fully saturated rings. The van der Waals surface area contributed by atoms with Crippen molar-refractivity contribution in [3.8, 4) is 0 Å². The highest BCUT2D eigenvalue weighted by molar-refractivity contribution is 5.72. The van der Waals surface area contributed by atoms with E-state index in [4.69, 9.17) is 4.74 Å². The van der Waals surface area contributed by atoms with Crippen molar-refractivity contribution in [1.29, 1.82) is 0 Å². The first kappa shape index (κ1) is 12.3. The summed E-state index contributed by atoms with van der Waals surface area (Å²) in [6.45, 7) is 1.98. The van der Waals surface area contributed by atoms with Gasteiger partial charge in [-0.15, -0.1) is 0 Å². The molecule has 1 heterocycles. The van der Waals surface area contributed by atoms with Crippen LogP contribution in [-0.2, 0) is 9.53 Å². The fourth-order valence-electron chi connectivity index (χ4n) is 1.60. The van der Waals surface area contributed by atoms with Crippen molar-refractivity contribution in [1.82, 2.24) is 5.32 Å². The van der Waals surface area contributed by atoms with Gasteiger partial charge in [-0.25, -0.2) is 0 Å². The summed E-state index contributed by atoms with van der Waals surface area (Å²) in [6, 6.07) is -1.48. The number of nitrogens with one attached hydrogen (secondary N) is 1. The zero-order valence-electron chi connectivity index (χ0n) is 8.43. The van der Waals surface area contributed by atoms with E-state index in [-0.39, 0.29) is 26.0 Å². The van der Waals surface area contributed by atoms with Crippen LogP contribution >= 0.6 is 0 Å². The van der Waals surface area contributed by atoms with Crippen molar-refractivity contribution in [3.63, 3.8) is 0 Å². The van der Waals surface area contributed by atoms with Crippen molar-refractivity contribution in [2.24, 2.45) is 5.92 Å². The van der Waals surface area contributed by atoms with E-state index in [2.05, 4.69) is 5.32 Å². The average molecular weight is 225 g/mol. The minimum absolute atomic E-state index is 0.0447. The number of esters is 1. The van der Waals surface area contributed by atoms with E-state index < -0.39 is 24.1 Å². The molecule has 15 heavy (non-hydrogen) atoms. The zero-order chi connectivity index (χ0) is 11.5. The number of ether oxygens (including phenoxy) is 1. The predicted molar refractivity (Wildman–Crippen MR) is 47.2 cm³/mol. The quantitative estimate of drug-likeness (QED) is 0.723. The van der Waals surface area contributed by atoms with Gasteiger partial charge in [-0.2, -0.15) is 13.2 Å². The van der Waals surface area contributed by atoms with Crippen LogP contribution in [0.1, 0.15) is 19.8 Å². The second-order valence-corrected chi connectivity index (χ2v) is 3.53. The van der Waals surface area contributed by atoms with Gasteiger partial charge in [-0.05, 0) is 19.8 Å². The molecule has 0 radical (unpaired) electrons. The van der Waals surface area contributed by atoms with Crippen LogP contribution in [0.4, 0.5) is 13.2 Å². The van der Waals surface area contributed by atoms with Gasteiger partial charge >= 0.3 is 12.1 Å². The number of hydrogen-bond acceptors (Lipinski definition) is 3. The zero-order valence-corrected chi connectivity index (χ0v) is 8.43.